The highest BCUT2D eigenvalue weighted by Crippen LogP contribution is 2.30. The van der Waals surface area contributed by atoms with Crippen LogP contribution in [0.1, 0.15) is 46.5 Å². The van der Waals surface area contributed by atoms with E-state index in [1.807, 2.05) is 0 Å². The van der Waals surface area contributed by atoms with E-state index < -0.39 is 0 Å². The molecule has 2 rings (SSSR count). The summed E-state index contributed by atoms with van der Waals surface area (Å²) in [4.78, 5) is 15.1. The van der Waals surface area contributed by atoms with E-state index in [9.17, 15) is 4.79 Å². The molecule has 20 heavy (non-hydrogen) atoms. The van der Waals surface area contributed by atoms with Crippen LogP contribution in [0.2, 0.25) is 0 Å². The van der Waals surface area contributed by atoms with Crippen molar-refractivity contribution in [2.45, 2.75) is 52.5 Å². The quantitative estimate of drug-likeness (QED) is 0.805. The highest BCUT2D eigenvalue weighted by atomic mass is 16.2. The monoisotopic (exact) mass is 281 g/mol. The van der Waals surface area contributed by atoms with Crippen molar-refractivity contribution in [2.75, 3.05) is 32.7 Å². The lowest BCUT2D eigenvalue weighted by Crippen LogP contribution is -2.51. The number of rotatable bonds is 5. The van der Waals surface area contributed by atoms with Crippen molar-refractivity contribution in [3.63, 3.8) is 0 Å². The second-order valence-electron chi connectivity index (χ2n) is 6.87. The third kappa shape index (κ3) is 3.53. The van der Waals surface area contributed by atoms with Crippen molar-refractivity contribution in [3.8, 4) is 0 Å². The van der Waals surface area contributed by atoms with Gasteiger partial charge in [0.25, 0.3) is 0 Å². The summed E-state index contributed by atoms with van der Waals surface area (Å²) in [5.74, 6) is 0.905. The number of amides is 1. The van der Waals surface area contributed by atoms with Gasteiger partial charge in [-0.05, 0) is 58.5 Å². The second kappa shape index (κ2) is 6.90. The zero-order chi connectivity index (χ0) is 14.6. The van der Waals surface area contributed by atoms with E-state index in [1.165, 1.54) is 13.0 Å². The van der Waals surface area contributed by atoms with Crippen molar-refractivity contribution in [3.05, 3.63) is 0 Å². The van der Waals surface area contributed by atoms with Gasteiger partial charge < -0.3 is 15.5 Å². The van der Waals surface area contributed by atoms with Crippen molar-refractivity contribution in [1.29, 1.82) is 0 Å². The summed E-state index contributed by atoms with van der Waals surface area (Å²) in [6, 6.07) is 0.625. The molecule has 0 bridgehead atoms. The van der Waals surface area contributed by atoms with Crippen LogP contribution in [-0.4, -0.2) is 49.6 Å². The molecule has 2 aliphatic rings. The Labute approximate surface area is 123 Å². The van der Waals surface area contributed by atoms with E-state index in [0.29, 0.717) is 12.0 Å². The molecule has 0 saturated carbocycles. The molecule has 2 aliphatic heterocycles. The smallest absolute Gasteiger partial charge is 0.227 e. The van der Waals surface area contributed by atoms with Gasteiger partial charge in [0.15, 0.2) is 0 Å². The van der Waals surface area contributed by atoms with Crippen LogP contribution in [0.25, 0.3) is 0 Å². The minimum absolute atomic E-state index is 0.158. The SMILES string of the molecule is CCC1(C(=O)NCC2CCN(C(C)C)C2)CCCNC1. The molecule has 4 nitrogen and oxygen atoms in total. The summed E-state index contributed by atoms with van der Waals surface area (Å²) in [7, 11) is 0. The Morgan fingerprint density at radius 2 is 2.30 bits per heavy atom. The lowest BCUT2D eigenvalue weighted by Gasteiger charge is -2.35. The van der Waals surface area contributed by atoms with Gasteiger partial charge in [0.2, 0.25) is 5.91 Å². The predicted molar refractivity (Wildman–Crippen MR) is 82.7 cm³/mol. The van der Waals surface area contributed by atoms with Gasteiger partial charge in [0.1, 0.15) is 0 Å². The van der Waals surface area contributed by atoms with Gasteiger partial charge >= 0.3 is 0 Å². The molecule has 2 fully saturated rings. The number of hydrogen-bond acceptors (Lipinski definition) is 3. The molecular weight excluding hydrogens is 250 g/mol. The van der Waals surface area contributed by atoms with Gasteiger partial charge in [-0.3, -0.25) is 4.79 Å². The molecule has 0 aliphatic carbocycles. The fraction of sp³-hybridized carbons (Fsp3) is 0.938. The Morgan fingerprint density at radius 3 is 2.85 bits per heavy atom. The Bertz CT molecular complexity index is 324. The van der Waals surface area contributed by atoms with Crippen LogP contribution in [0.3, 0.4) is 0 Å². The molecule has 2 unspecified atom stereocenters. The maximum Gasteiger partial charge on any atom is 0.227 e. The van der Waals surface area contributed by atoms with E-state index in [1.54, 1.807) is 0 Å². The Kier molecular flexibility index (Phi) is 5.44. The first-order chi connectivity index (χ1) is 9.57. The van der Waals surface area contributed by atoms with E-state index in [2.05, 4.69) is 36.3 Å². The molecular formula is C16H31N3O. The summed E-state index contributed by atoms with van der Waals surface area (Å²) >= 11 is 0. The van der Waals surface area contributed by atoms with Crippen molar-refractivity contribution >= 4 is 5.91 Å². The van der Waals surface area contributed by atoms with Crippen LogP contribution in [0, 0.1) is 11.3 Å². The van der Waals surface area contributed by atoms with Gasteiger partial charge in [0.05, 0.1) is 5.41 Å². The highest BCUT2D eigenvalue weighted by molar-refractivity contribution is 5.83. The van der Waals surface area contributed by atoms with E-state index in [0.717, 1.165) is 45.4 Å². The van der Waals surface area contributed by atoms with Crippen molar-refractivity contribution in [1.82, 2.24) is 15.5 Å². The Morgan fingerprint density at radius 1 is 1.50 bits per heavy atom. The van der Waals surface area contributed by atoms with Crippen LogP contribution in [0.5, 0.6) is 0 Å². The average Bonchev–Trinajstić information content (AvgIpc) is 2.94. The van der Waals surface area contributed by atoms with Crippen molar-refractivity contribution in [2.24, 2.45) is 11.3 Å². The summed E-state index contributed by atoms with van der Waals surface area (Å²) in [5.41, 5.74) is -0.158. The molecule has 2 atom stereocenters. The normalized spacial score (nSPS) is 31.7. The van der Waals surface area contributed by atoms with E-state index in [4.69, 9.17) is 0 Å². The molecule has 0 aromatic carbocycles. The minimum atomic E-state index is -0.158. The van der Waals surface area contributed by atoms with Gasteiger partial charge in [-0.2, -0.15) is 0 Å². The molecule has 0 aromatic heterocycles. The summed E-state index contributed by atoms with van der Waals surface area (Å²) in [5, 5.41) is 6.63. The molecule has 0 aromatic rings. The maximum absolute atomic E-state index is 12.6. The topological polar surface area (TPSA) is 44.4 Å². The zero-order valence-electron chi connectivity index (χ0n) is 13.4. The Hall–Kier alpha value is -0.610. The first kappa shape index (κ1) is 15.8. The molecule has 2 N–H and O–H groups in total. The lowest BCUT2D eigenvalue weighted by atomic mass is 9.77. The molecule has 2 saturated heterocycles. The fourth-order valence-corrected chi connectivity index (χ4v) is 3.55. The fourth-order valence-electron chi connectivity index (χ4n) is 3.55. The number of carbonyl (C=O) groups is 1. The molecule has 0 radical (unpaired) electrons. The molecule has 2 heterocycles. The van der Waals surface area contributed by atoms with Crippen LogP contribution < -0.4 is 10.6 Å². The van der Waals surface area contributed by atoms with Crippen LogP contribution in [0.4, 0.5) is 0 Å². The first-order valence-corrected chi connectivity index (χ1v) is 8.30. The number of piperidine rings is 1. The minimum Gasteiger partial charge on any atom is -0.355 e. The molecule has 4 heteroatoms. The predicted octanol–water partition coefficient (Wildman–Crippen LogP) is 1.61. The molecule has 1 amide bonds. The zero-order valence-corrected chi connectivity index (χ0v) is 13.4. The highest BCUT2D eigenvalue weighted by Gasteiger charge is 2.38. The number of carbonyl (C=O) groups excluding carboxylic acids is 1. The largest absolute Gasteiger partial charge is 0.355 e. The second-order valence-corrected chi connectivity index (χ2v) is 6.87. The third-order valence-electron chi connectivity index (χ3n) is 5.23. The number of hydrogen-bond donors (Lipinski definition) is 2. The van der Waals surface area contributed by atoms with E-state index in [-0.39, 0.29) is 11.3 Å². The van der Waals surface area contributed by atoms with Crippen LogP contribution >= 0.6 is 0 Å². The standard InChI is InChI=1S/C16H31N3O/c1-4-16(7-5-8-17-12-16)15(20)18-10-14-6-9-19(11-14)13(2)3/h13-14,17H,4-12H2,1-3H3,(H,18,20). The van der Waals surface area contributed by atoms with E-state index >= 15 is 0 Å². The lowest BCUT2D eigenvalue weighted by molar-refractivity contribution is -0.132. The maximum atomic E-state index is 12.6. The van der Waals surface area contributed by atoms with Crippen LogP contribution in [0.15, 0.2) is 0 Å². The number of nitrogens with one attached hydrogen (secondary N) is 2. The third-order valence-corrected chi connectivity index (χ3v) is 5.23. The van der Waals surface area contributed by atoms with Gasteiger partial charge in [-0.1, -0.05) is 6.92 Å². The van der Waals surface area contributed by atoms with Crippen molar-refractivity contribution < 1.29 is 4.79 Å². The molecule has 116 valence electrons. The summed E-state index contributed by atoms with van der Waals surface area (Å²) in [6.07, 6.45) is 4.31. The molecule has 0 spiro atoms. The summed E-state index contributed by atoms with van der Waals surface area (Å²) < 4.78 is 0. The number of nitrogens with zero attached hydrogens (tertiary/aromatic N) is 1. The average molecular weight is 281 g/mol. The van der Waals surface area contributed by atoms with Gasteiger partial charge in [0, 0.05) is 25.7 Å². The van der Waals surface area contributed by atoms with Crippen LogP contribution in [-0.2, 0) is 4.79 Å². The summed E-state index contributed by atoms with van der Waals surface area (Å²) in [6.45, 7) is 11.7. The van der Waals surface area contributed by atoms with Gasteiger partial charge in [-0.25, -0.2) is 0 Å². The number of likely N-dealkylation sites (tertiary alicyclic amines) is 1. The first-order valence-electron chi connectivity index (χ1n) is 8.30. The Balaban J connectivity index is 1.80. The van der Waals surface area contributed by atoms with Gasteiger partial charge in [-0.15, -0.1) is 0 Å².